The molecule has 1 N–H and O–H groups in total. The molecule has 0 saturated carbocycles. The van der Waals surface area contributed by atoms with Crippen LogP contribution in [0.2, 0.25) is 0 Å². The van der Waals surface area contributed by atoms with Crippen molar-refractivity contribution in [1.82, 2.24) is 9.80 Å². The number of aryl methyl sites for hydroxylation is 1. The first-order valence-corrected chi connectivity index (χ1v) is 12.5. The quantitative estimate of drug-likeness (QED) is 0.552. The van der Waals surface area contributed by atoms with Crippen molar-refractivity contribution in [3.05, 3.63) is 95.1 Å². The molecule has 192 valence electrons. The molecule has 1 unspecified atom stereocenters. The number of anilines is 2. The van der Waals surface area contributed by atoms with Gasteiger partial charge in [-0.3, -0.25) is 19.3 Å². The Morgan fingerprint density at radius 3 is 2.30 bits per heavy atom. The van der Waals surface area contributed by atoms with Crippen LogP contribution in [0.1, 0.15) is 38.3 Å². The number of fused-ring (bicyclic) bond motifs is 1. The molecule has 3 aromatic rings. The molecular formula is C30H34N4O3. The lowest BCUT2D eigenvalue weighted by Crippen LogP contribution is -2.42. The summed E-state index contributed by atoms with van der Waals surface area (Å²) in [5.41, 5.74) is 4.70. The fourth-order valence-electron chi connectivity index (χ4n) is 4.65. The Labute approximate surface area is 218 Å². The summed E-state index contributed by atoms with van der Waals surface area (Å²) in [5.74, 6) is -0.207. The third kappa shape index (κ3) is 6.06. The largest absolute Gasteiger partial charge is 0.348 e. The molecule has 7 nitrogen and oxygen atoms in total. The van der Waals surface area contributed by atoms with Crippen molar-refractivity contribution in [2.24, 2.45) is 0 Å². The van der Waals surface area contributed by atoms with Crippen LogP contribution in [0.4, 0.5) is 11.4 Å². The lowest BCUT2D eigenvalue weighted by atomic mass is 10.0. The maximum absolute atomic E-state index is 13.6. The van der Waals surface area contributed by atoms with Crippen LogP contribution in [0.15, 0.2) is 72.8 Å². The van der Waals surface area contributed by atoms with Crippen molar-refractivity contribution in [2.45, 2.75) is 25.8 Å². The van der Waals surface area contributed by atoms with E-state index in [-0.39, 0.29) is 23.8 Å². The smallest absolute Gasteiger partial charge is 0.258 e. The number of benzene rings is 3. The molecule has 0 fully saturated rings. The van der Waals surface area contributed by atoms with Gasteiger partial charge in [0.2, 0.25) is 5.91 Å². The van der Waals surface area contributed by atoms with E-state index in [1.54, 1.807) is 49.3 Å². The summed E-state index contributed by atoms with van der Waals surface area (Å²) in [5, 5.41) is 2.91. The number of hydrogen-bond acceptors (Lipinski definition) is 4. The van der Waals surface area contributed by atoms with Gasteiger partial charge >= 0.3 is 0 Å². The van der Waals surface area contributed by atoms with Gasteiger partial charge in [0.15, 0.2) is 0 Å². The summed E-state index contributed by atoms with van der Waals surface area (Å²) >= 11 is 0. The molecule has 7 heteroatoms. The van der Waals surface area contributed by atoms with Gasteiger partial charge in [0, 0.05) is 49.2 Å². The Balaban J connectivity index is 1.49. The van der Waals surface area contributed by atoms with E-state index in [9.17, 15) is 14.4 Å². The van der Waals surface area contributed by atoms with Crippen LogP contribution in [0.5, 0.6) is 0 Å². The first-order chi connectivity index (χ1) is 17.7. The van der Waals surface area contributed by atoms with E-state index < -0.39 is 0 Å². The van der Waals surface area contributed by atoms with Gasteiger partial charge in [-0.15, -0.1) is 0 Å². The molecular weight excluding hydrogens is 464 g/mol. The molecule has 3 amide bonds. The maximum Gasteiger partial charge on any atom is 0.258 e. The van der Waals surface area contributed by atoms with Gasteiger partial charge in [0.05, 0.1) is 6.54 Å². The van der Waals surface area contributed by atoms with Crippen LogP contribution < -0.4 is 10.2 Å². The van der Waals surface area contributed by atoms with Gasteiger partial charge in [-0.25, -0.2) is 0 Å². The lowest BCUT2D eigenvalue weighted by Gasteiger charge is -2.28. The normalized spacial score (nSPS) is 15.1. The van der Waals surface area contributed by atoms with Crippen LogP contribution >= 0.6 is 0 Å². The Hall–Kier alpha value is -3.97. The summed E-state index contributed by atoms with van der Waals surface area (Å²) in [6.45, 7) is 2.79. The zero-order chi connectivity index (χ0) is 26.5. The molecule has 37 heavy (non-hydrogen) atoms. The number of rotatable bonds is 6. The van der Waals surface area contributed by atoms with Gasteiger partial charge in [0.25, 0.3) is 11.8 Å². The monoisotopic (exact) mass is 498 g/mol. The molecule has 1 atom stereocenters. The van der Waals surface area contributed by atoms with Crippen LogP contribution in [0.3, 0.4) is 0 Å². The molecule has 0 radical (unpaired) electrons. The fraction of sp³-hybridized carbons (Fsp3) is 0.300. The second-order valence-corrected chi connectivity index (χ2v) is 9.78. The predicted molar refractivity (Wildman–Crippen MR) is 147 cm³/mol. The average molecular weight is 499 g/mol. The first-order valence-electron chi connectivity index (χ1n) is 12.5. The van der Waals surface area contributed by atoms with Crippen LogP contribution in [-0.4, -0.2) is 67.8 Å². The summed E-state index contributed by atoms with van der Waals surface area (Å²) in [6.07, 6.45) is 1.52. The fourth-order valence-corrected chi connectivity index (χ4v) is 4.65. The highest BCUT2D eigenvalue weighted by atomic mass is 16.2. The molecule has 0 saturated heterocycles. The highest BCUT2D eigenvalue weighted by Gasteiger charge is 2.28. The molecule has 3 aromatic carbocycles. The van der Waals surface area contributed by atoms with E-state index in [2.05, 4.69) is 16.3 Å². The number of nitrogens with one attached hydrogen (secondary N) is 1. The van der Waals surface area contributed by atoms with Gasteiger partial charge in [-0.1, -0.05) is 36.4 Å². The molecule has 0 spiro atoms. The Morgan fingerprint density at radius 1 is 0.919 bits per heavy atom. The predicted octanol–water partition coefficient (Wildman–Crippen LogP) is 4.23. The van der Waals surface area contributed by atoms with Crippen molar-refractivity contribution in [2.75, 3.05) is 44.4 Å². The average Bonchev–Trinajstić information content (AvgIpc) is 3.09. The highest BCUT2D eigenvalue weighted by Crippen LogP contribution is 2.29. The van der Waals surface area contributed by atoms with E-state index in [4.69, 9.17) is 0 Å². The van der Waals surface area contributed by atoms with Crippen LogP contribution in [-0.2, 0) is 11.2 Å². The molecule has 1 aliphatic heterocycles. The zero-order valence-corrected chi connectivity index (χ0v) is 21.9. The number of amides is 3. The van der Waals surface area contributed by atoms with Crippen LogP contribution in [0.25, 0.3) is 0 Å². The van der Waals surface area contributed by atoms with Crippen molar-refractivity contribution in [1.29, 1.82) is 0 Å². The number of likely N-dealkylation sites (N-methyl/N-ethyl adjacent to an activating group) is 2. The van der Waals surface area contributed by atoms with Crippen molar-refractivity contribution < 1.29 is 14.4 Å². The standard InChI is InChI=1S/C30H34N4O3/c1-21-9-5-7-11-26(21)29(36)31-24-15-13-22(14-16-24)30(37)34-18-17-25(33(4)20-28(35)32(2)3)19-23-10-6-8-12-27(23)34/h5-16,25H,17-20H2,1-4H3,(H,31,36). The number of para-hydroxylation sites is 1. The van der Waals surface area contributed by atoms with Crippen molar-refractivity contribution >= 4 is 29.1 Å². The highest BCUT2D eigenvalue weighted by molar-refractivity contribution is 6.08. The van der Waals surface area contributed by atoms with Crippen molar-refractivity contribution in [3.63, 3.8) is 0 Å². The van der Waals surface area contributed by atoms with Crippen LogP contribution in [0, 0.1) is 6.92 Å². The summed E-state index contributed by atoms with van der Waals surface area (Å²) in [4.78, 5) is 44.1. The third-order valence-electron chi connectivity index (χ3n) is 6.96. The molecule has 0 aliphatic carbocycles. The second-order valence-electron chi connectivity index (χ2n) is 9.78. The van der Waals surface area contributed by atoms with E-state index in [0.29, 0.717) is 29.9 Å². The number of nitrogens with zero attached hydrogens (tertiary/aromatic N) is 3. The van der Waals surface area contributed by atoms with E-state index >= 15 is 0 Å². The minimum absolute atomic E-state index is 0.0579. The van der Waals surface area contributed by atoms with E-state index in [1.165, 1.54) is 0 Å². The second kappa shape index (κ2) is 11.4. The number of carbonyl (C=O) groups excluding carboxylic acids is 3. The molecule has 1 aliphatic rings. The first kappa shape index (κ1) is 26.1. The van der Waals surface area contributed by atoms with Crippen molar-refractivity contribution in [3.8, 4) is 0 Å². The van der Waals surface area contributed by atoms with Gasteiger partial charge in [-0.05, 0) is 74.3 Å². The topological polar surface area (TPSA) is 73.0 Å². The van der Waals surface area contributed by atoms with E-state index in [0.717, 1.165) is 29.7 Å². The van der Waals surface area contributed by atoms with Gasteiger partial charge in [0.1, 0.15) is 0 Å². The Morgan fingerprint density at radius 2 is 1.59 bits per heavy atom. The maximum atomic E-state index is 13.6. The Bertz CT molecular complexity index is 1290. The summed E-state index contributed by atoms with van der Waals surface area (Å²) < 4.78 is 0. The molecule has 0 bridgehead atoms. The number of hydrogen-bond donors (Lipinski definition) is 1. The summed E-state index contributed by atoms with van der Waals surface area (Å²) in [6, 6.07) is 22.6. The number of carbonyl (C=O) groups is 3. The molecule has 4 rings (SSSR count). The third-order valence-corrected chi connectivity index (χ3v) is 6.96. The Kier molecular flexibility index (Phi) is 8.04. The summed E-state index contributed by atoms with van der Waals surface area (Å²) in [7, 11) is 5.49. The molecule has 1 heterocycles. The van der Waals surface area contributed by atoms with Gasteiger partial charge < -0.3 is 15.1 Å². The zero-order valence-electron chi connectivity index (χ0n) is 21.9. The SMILES string of the molecule is Cc1ccccc1C(=O)Nc1ccc(C(=O)N2CCC(N(C)CC(=O)N(C)C)Cc3ccccc32)cc1. The minimum atomic E-state index is -0.179. The molecule has 0 aromatic heterocycles. The van der Waals surface area contributed by atoms with E-state index in [1.807, 2.05) is 55.3 Å². The minimum Gasteiger partial charge on any atom is -0.348 e. The lowest BCUT2D eigenvalue weighted by molar-refractivity contribution is -0.130. The van der Waals surface area contributed by atoms with Gasteiger partial charge in [-0.2, -0.15) is 0 Å².